The zero-order valence-corrected chi connectivity index (χ0v) is 12.8. The molecule has 0 saturated heterocycles. The van der Waals surface area contributed by atoms with E-state index in [1.54, 1.807) is 6.20 Å². The van der Waals surface area contributed by atoms with E-state index in [1.165, 1.54) is 0 Å². The van der Waals surface area contributed by atoms with Gasteiger partial charge in [0.15, 0.2) is 11.5 Å². The largest absolute Gasteiger partial charge is 0.454 e. The van der Waals surface area contributed by atoms with Crippen LogP contribution in [0.4, 0.5) is 5.82 Å². The molecule has 6 heteroatoms. The summed E-state index contributed by atoms with van der Waals surface area (Å²) in [5.74, 6) is 2.54. The van der Waals surface area contributed by atoms with E-state index in [1.807, 2.05) is 32.2 Å². The van der Waals surface area contributed by atoms with Crippen LogP contribution in [0.25, 0.3) is 10.8 Å². The molecule has 0 saturated carbocycles. The van der Waals surface area contributed by atoms with Crippen LogP contribution < -0.4 is 20.1 Å². The number of ether oxygens (including phenoxy) is 2. The molecule has 3 rings (SSSR count). The Kier molecular flexibility index (Phi) is 3.55. The first kappa shape index (κ1) is 13.9. The van der Waals surface area contributed by atoms with Gasteiger partial charge >= 0.3 is 0 Å². The van der Waals surface area contributed by atoms with Crippen LogP contribution in [0.2, 0.25) is 0 Å². The lowest BCUT2D eigenvalue weighted by Crippen LogP contribution is -2.31. The number of nitrogens with zero attached hydrogens (tertiary/aromatic N) is 2. The number of anilines is 1. The number of hydrogen-bond donors (Lipinski definition) is 1. The summed E-state index contributed by atoms with van der Waals surface area (Å²) in [6, 6.07) is 5.92. The third-order valence-corrected chi connectivity index (χ3v) is 4.03. The molecule has 21 heavy (non-hydrogen) atoms. The Morgan fingerprint density at radius 1 is 1.43 bits per heavy atom. The maximum absolute atomic E-state index is 5.70. The maximum Gasteiger partial charge on any atom is 0.231 e. The van der Waals surface area contributed by atoms with Gasteiger partial charge in [0.2, 0.25) is 6.79 Å². The van der Waals surface area contributed by atoms with E-state index in [2.05, 4.69) is 9.88 Å². The van der Waals surface area contributed by atoms with Gasteiger partial charge in [-0.2, -0.15) is 0 Å². The van der Waals surface area contributed by atoms with Crippen molar-refractivity contribution in [2.45, 2.75) is 6.92 Å². The fourth-order valence-corrected chi connectivity index (χ4v) is 2.51. The Morgan fingerprint density at radius 3 is 2.86 bits per heavy atom. The van der Waals surface area contributed by atoms with Gasteiger partial charge in [0.05, 0.1) is 4.99 Å². The second-order valence-corrected chi connectivity index (χ2v) is 5.72. The van der Waals surface area contributed by atoms with Crippen LogP contribution in [0.3, 0.4) is 0 Å². The van der Waals surface area contributed by atoms with Crippen molar-refractivity contribution in [3.63, 3.8) is 0 Å². The molecule has 0 radical (unpaired) electrons. The van der Waals surface area contributed by atoms with Gasteiger partial charge in [0.1, 0.15) is 5.82 Å². The topological polar surface area (TPSA) is 60.6 Å². The number of benzene rings is 1. The average molecular weight is 303 g/mol. The molecule has 110 valence electrons. The molecule has 0 bridgehead atoms. The summed E-state index contributed by atoms with van der Waals surface area (Å²) in [6.45, 7) is 3.00. The molecule has 0 fully saturated rings. The molecule has 1 atom stereocenters. The van der Waals surface area contributed by atoms with Crippen LogP contribution in [0, 0.1) is 5.92 Å². The number of nitrogens with two attached hydrogens (primary N) is 1. The summed E-state index contributed by atoms with van der Waals surface area (Å²) in [4.78, 5) is 7.07. The fourth-order valence-electron chi connectivity index (χ4n) is 2.44. The van der Waals surface area contributed by atoms with Crippen molar-refractivity contribution in [3.8, 4) is 11.5 Å². The third-order valence-electron chi connectivity index (χ3n) is 3.63. The third kappa shape index (κ3) is 2.58. The predicted octanol–water partition coefficient (Wildman–Crippen LogP) is 2.32. The fraction of sp³-hybridized carbons (Fsp3) is 0.333. The minimum absolute atomic E-state index is 0.121. The summed E-state index contributed by atoms with van der Waals surface area (Å²) in [5, 5.41) is 2.10. The first-order valence-electron chi connectivity index (χ1n) is 6.75. The lowest BCUT2D eigenvalue weighted by Gasteiger charge is -2.23. The second-order valence-electron chi connectivity index (χ2n) is 5.25. The van der Waals surface area contributed by atoms with Gasteiger partial charge < -0.3 is 20.1 Å². The number of thiocarbonyl (C=S) groups is 1. The Hall–Kier alpha value is -2.08. The maximum atomic E-state index is 5.70. The highest BCUT2D eigenvalue weighted by Gasteiger charge is 2.18. The Labute approximate surface area is 128 Å². The van der Waals surface area contributed by atoms with Gasteiger partial charge in [0, 0.05) is 31.1 Å². The molecule has 1 unspecified atom stereocenters. The van der Waals surface area contributed by atoms with Crippen LogP contribution in [0.15, 0.2) is 24.4 Å². The van der Waals surface area contributed by atoms with Crippen molar-refractivity contribution >= 4 is 33.8 Å². The summed E-state index contributed by atoms with van der Waals surface area (Å²) in [5.41, 5.74) is 5.70. The first-order valence-corrected chi connectivity index (χ1v) is 7.16. The minimum Gasteiger partial charge on any atom is -0.454 e. The monoisotopic (exact) mass is 303 g/mol. The Bertz CT molecular complexity index is 705. The highest BCUT2D eigenvalue weighted by molar-refractivity contribution is 7.80. The summed E-state index contributed by atoms with van der Waals surface area (Å²) in [6.07, 6.45) is 1.79. The van der Waals surface area contributed by atoms with Crippen LogP contribution in [0.1, 0.15) is 6.92 Å². The highest BCUT2D eigenvalue weighted by Crippen LogP contribution is 2.38. The molecule has 1 aliphatic rings. The second kappa shape index (κ2) is 5.37. The molecule has 0 spiro atoms. The number of pyridine rings is 1. The van der Waals surface area contributed by atoms with Crippen molar-refractivity contribution in [1.29, 1.82) is 0 Å². The standard InChI is InChI=1S/C15H17N3O2S/c1-9(14(16)21)7-18(2)15-11-6-13-12(19-8-20-13)5-10(11)3-4-17-15/h3-6,9H,7-8H2,1-2H3,(H2,16,21). The van der Waals surface area contributed by atoms with E-state index in [9.17, 15) is 0 Å². The number of fused-ring (bicyclic) bond motifs is 2. The van der Waals surface area contributed by atoms with Gasteiger partial charge in [-0.15, -0.1) is 0 Å². The normalized spacial score (nSPS) is 14.2. The number of hydrogen-bond acceptors (Lipinski definition) is 5. The average Bonchev–Trinajstić information content (AvgIpc) is 2.91. The molecule has 2 heterocycles. The predicted molar refractivity (Wildman–Crippen MR) is 87.1 cm³/mol. The van der Waals surface area contributed by atoms with Crippen molar-refractivity contribution < 1.29 is 9.47 Å². The molecule has 0 aliphatic carbocycles. The molecule has 1 aliphatic heterocycles. The van der Waals surface area contributed by atoms with Crippen molar-refractivity contribution in [2.24, 2.45) is 11.7 Å². The van der Waals surface area contributed by atoms with E-state index < -0.39 is 0 Å². The molecule has 5 nitrogen and oxygen atoms in total. The van der Waals surface area contributed by atoms with Gasteiger partial charge in [0.25, 0.3) is 0 Å². The first-order chi connectivity index (χ1) is 10.1. The van der Waals surface area contributed by atoms with Crippen LogP contribution in [-0.4, -0.2) is 30.4 Å². The van der Waals surface area contributed by atoms with Gasteiger partial charge in [-0.25, -0.2) is 4.98 Å². The van der Waals surface area contributed by atoms with Crippen molar-refractivity contribution in [3.05, 3.63) is 24.4 Å². The molecular weight excluding hydrogens is 286 g/mol. The van der Waals surface area contributed by atoms with Crippen molar-refractivity contribution in [1.82, 2.24) is 4.98 Å². The molecular formula is C15H17N3O2S. The number of rotatable bonds is 4. The Balaban J connectivity index is 2.00. The summed E-state index contributed by atoms with van der Waals surface area (Å²) in [7, 11) is 1.99. The molecule has 0 amide bonds. The summed E-state index contributed by atoms with van der Waals surface area (Å²) >= 11 is 5.04. The molecule has 2 N–H and O–H groups in total. The smallest absolute Gasteiger partial charge is 0.231 e. The van der Waals surface area contributed by atoms with Gasteiger partial charge in [-0.05, 0) is 23.6 Å². The van der Waals surface area contributed by atoms with E-state index in [4.69, 9.17) is 27.4 Å². The van der Waals surface area contributed by atoms with Gasteiger partial charge in [-0.1, -0.05) is 19.1 Å². The zero-order chi connectivity index (χ0) is 15.0. The highest BCUT2D eigenvalue weighted by atomic mass is 32.1. The summed E-state index contributed by atoms with van der Waals surface area (Å²) < 4.78 is 10.9. The molecule has 1 aromatic heterocycles. The quantitative estimate of drug-likeness (QED) is 0.875. The van der Waals surface area contributed by atoms with E-state index in [0.29, 0.717) is 4.99 Å². The van der Waals surface area contributed by atoms with E-state index in [-0.39, 0.29) is 12.7 Å². The molecule has 2 aromatic rings. The molecule has 1 aromatic carbocycles. The van der Waals surface area contributed by atoms with E-state index in [0.717, 1.165) is 34.6 Å². The zero-order valence-electron chi connectivity index (χ0n) is 12.0. The lowest BCUT2D eigenvalue weighted by molar-refractivity contribution is 0.174. The Morgan fingerprint density at radius 2 is 2.14 bits per heavy atom. The van der Waals surface area contributed by atoms with E-state index >= 15 is 0 Å². The van der Waals surface area contributed by atoms with Crippen molar-refractivity contribution in [2.75, 3.05) is 25.3 Å². The van der Waals surface area contributed by atoms with Crippen LogP contribution in [0.5, 0.6) is 11.5 Å². The lowest BCUT2D eigenvalue weighted by atomic mass is 10.1. The van der Waals surface area contributed by atoms with Crippen LogP contribution >= 0.6 is 12.2 Å². The SMILES string of the molecule is CC(CN(C)c1nccc2cc3c(cc12)OCO3)C(N)=S. The minimum atomic E-state index is 0.121. The number of aromatic nitrogens is 1. The van der Waals surface area contributed by atoms with Crippen LogP contribution in [-0.2, 0) is 0 Å². The van der Waals surface area contributed by atoms with Gasteiger partial charge in [-0.3, -0.25) is 0 Å².